The first kappa shape index (κ1) is 14.6. The number of nitrogens with zero attached hydrogens (tertiary/aromatic N) is 6. The predicted molar refractivity (Wildman–Crippen MR) is 83.7 cm³/mol. The van der Waals surface area contributed by atoms with Crippen molar-refractivity contribution in [3.8, 4) is 0 Å². The van der Waals surface area contributed by atoms with Crippen molar-refractivity contribution in [2.45, 2.75) is 25.4 Å². The van der Waals surface area contributed by atoms with Crippen LogP contribution in [-0.4, -0.2) is 50.9 Å². The molecular weight excluding hydrogens is 308 g/mol. The number of anilines is 1. The van der Waals surface area contributed by atoms with Gasteiger partial charge in [0.1, 0.15) is 10.0 Å². The molecule has 21 heavy (non-hydrogen) atoms. The standard InChI is InChI=1S/C13H17ClN6S/c1-19(9-11-13(14)21-18-16-11)10-4-3-7-20(8-10)12-5-2-6-15-17-12/h2,5-6,10H,3-4,7-9H2,1H3/t10-/m1/s1. The van der Waals surface area contributed by atoms with Crippen LogP contribution in [0.15, 0.2) is 18.3 Å². The summed E-state index contributed by atoms with van der Waals surface area (Å²) in [6, 6.07) is 4.39. The molecule has 3 heterocycles. The summed E-state index contributed by atoms with van der Waals surface area (Å²) in [5.74, 6) is 0.948. The molecule has 0 radical (unpaired) electrons. The molecule has 2 aromatic rings. The zero-order valence-corrected chi connectivity index (χ0v) is 13.4. The van der Waals surface area contributed by atoms with Crippen molar-refractivity contribution >= 4 is 29.0 Å². The smallest absolute Gasteiger partial charge is 0.151 e. The Morgan fingerprint density at radius 2 is 2.38 bits per heavy atom. The van der Waals surface area contributed by atoms with E-state index in [9.17, 15) is 0 Å². The Hall–Kier alpha value is -1.31. The van der Waals surface area contributed by atoms with E-state index in [1.54, 1.807) is 6.20 Å². The first-order chi connectivity index (χ1) is 10.2. The molecule has 3 rings (SSSR count). The van der Waals surface area contributed by atoms with E-state index in [2.05, 4.69) is 36.6 Å². The van der Waals surface area contributed by atoms with Gasteiger partial charge in [-0.2, -0.15) is 5.10 Å². The molecule has 1 aliphatic rings. The van der Waals surface area contributed by atoms with E-state index in [0.717, 1.165) is 37.6 Å². The van der Waals surface area contributed by atoms with Crippen LogP contribution in [0.4, 0.5) is 5.82 Å². The summed E-state index contributed by atoms with van der Waals surface area (Å²) >= 11 is 7.32. The third kappa shape index (κ3) is 3.48. The minimum atomic E-state index is 0.457. The van der Waals surface area contributed by atoms with Gasteiger partial charge in [0.05, 0.1) is 0 Å². The molecule has 6 nitrogen and oxygen atoms in total. The molecule has 112 valence electrons. The van der Waals surface area contributed by atoms with Crippen molar-refractivity contribution in [2.24, 2.45) is 0 Å². The summed E-state index contributed by atoms with van der Waals surface area (Å²) in [6.45, 7) is 2.71. The monoisotopic (exact) mass is 324 g/mol. The molecule has 0 N–H and O–H groups in total. The van der Waals surface area contributed by atoms with Gasteiger partial charge in [-0.25, -0.2) is 0 Å². The van der Waals surface area contributed by atoms with Gasteiger partial charge in [-0.3, -0.25) is 4.90 Å². The van der Waals surface area contributed by atoms with Crippen LogP contribution < -0.4 is 4.90 Å². The molecule has 1 atom stereocenters. The average molecular weight is 325 g/mol. The van der Waals surface area contributed by atoms with Gasteiger partial charge in [0.15, 0.2) is 5.82 Å². The maximum Gasteiger partial charge on any atom is 0.151 e. The molecule has 0 amide bonds. The topological polar surface area (TPSA) is 58.0 Å². The first-order valence-electron chi connectivity index (χ1n) is 6.93. The average Bonchev–Trinajstić information content (AvgIpc) is 2.93. The van der Waals surface area contributed by atoms with Crippen LogP contribution in [0.1, 0.15) is 18.5 Å². The van der Waals surface area contributed by atoms with Gasteiger partial charge in [-0.15, -0.1) is 10.2 Å². The number of piperidine rings is 1. The second-order valence-corrected chi connectivity index (χ2v) is 6.59. The molecule has 1 fully saturated rings. The zero-order valence-electron chi connectivity index (χ0n) is 11.8. The SMILES string of the molecule is CN(Cc1nnsc1Cl)[C@@H]1CCCN(c2cccnn2)C1. The Morgan fingerprint density at radius 3 is 3.10 bits per heavy atom. The van der Waals surface area contributed by atoms with Gasteiger partial charge >= 0.3 is 0 Å². The lowest BCUT2D eigenvalue weighted by atomic mass is 10.0. The quantitative estimate of drug-likeness (QED) is 0.858. The molecule has 2 aromatic heterocycles. The summed E-state index contributed by atoms with van der Waals surface area (Å²) in [5, 5.41) is 12.3. The van der Waals surface area contributed by atoms with Crippen molar-refractivity contribution < 1.29 is 0 Å². The van der Waals surface area contributed by atoms with E-state index < -0.39 is 0 Å². The van der Waals surface area contributed by atoms with Gasteiger partial charge in [0.25, 0.3) is 0 Å². The fraction of sp³-hybridized carbons (Fsp3) is 0.538. The van der Waals surface area contributed by atoms with E-state index in [0.29, 0.717) is 10.4 Å². The maximum atomic E-state index is 6.09. The maximum absolute atomic E-state index is 6.09. The van der Waals surface area contributed by atoms with Gasteiger partial charge in [0, 0.05) is 43.4 Å². The van der Waals surface area contributed by atoms with Crippen LogP contribution >= 0.6 is 23.1 Å². The molecule has 0 spiro atoms. The van der Waals surface area contributed by atoms with Crippen molar-refractivity contribution in [3.05, 3.63) is 28.4 Å². The molecule has 0 bridgehead atoms. The van der Waals surface area contributed by atoms with Crippen LogP contribution in [0, 0.1) is 0 Å². The summed E-state index contributed by atoms with van der Waals surface area (Å²) in [4.78, 5) is 4.59. The summed E-state index contributed by atoms with van der Waals surface area (Å²) < 4.78 is 4.57. The lowest BCUT2D eigenvalue weighted by Crippen LogP contribution is -2.46. The van der Waals surface area contributed by atoms with Crippen molar-refractivity contribution in [1.82, 2.24) is 24.7 Å². The fourth-order valence-electron chi connectivity index (χ4n) is 2.64. The Labute approximate surface area is 132 Å². The number of hydrogen-bond acceptors (Lipinski definition) is 7. The number of likely N-dealkylation sites (N-methyl/N-ethyl adjacent to an activating group) is 1. The third-order valence-corrected chi connectivity index (χ3v) is 4.80. The van der Waals surface area contributed by atoms with Crippen LogP contribution in [0.5, 0.6) is 0 Å². The number of hydrogen-bond donors (Lipinski definition) is 0. The van der Waals surface area contributed by atoms with Crippen LogP contribution in [0.3, 0.4) is 0 Å². The fourth-order valence-corrected chi connectivity index (χ4v) is 3.25. The minimum absolute atomic E-state index is 0.457. The summed E-state index contributed by atoms with van der Waals surface area (Å²) in [5.41, 5.74) is 0.862. The number of aromatic nitrogens is 4. The highest BCUT2D eigenvalue weighted by molar-refractivity contribution is 7.10. The minimum Gasteiger partial charge on any atom is -0.354 e. The van der Waals surface area contributed by atoms with Gasteiger partial charge in [-0.05, 0) is 32.0 Å². The van der Waals surface area contributed by atoms with Gasteiger partial charge < -0.3 is 4.90 Å². The zero-order chi connectivity index (χ0) is 14.7. The Balaban J connectivity index is 1.64. The Bertz CT molecular complexity index is 577. The molecule has 0 saturated carbocycles. The third-order valence-electron chi connectivity index (χ3n) is 3.81. The van der Waals surface area contributed by atoms with E-state index in [1.807, 2.05) is 12.1 Å². The number of halogens is 1. The molecule has 0 unspecified atom stereocenters. The van der Waals surface area contributed by atoms with Crippen molar-refractivity contribution in [2.75, 3.05) is 25.0 Å². The highest BCUT2D eigenvalue weighted by atomic mass is 35.5. The largest absolute Gasteiger partial charge is 0.354 e. The molecule has 0 aliphatic carbocycles. The lowest BCUT2D eigenvalue weighted by Gasteiger charge is -2.37. The van der Waals surface area contributed by atoms with Crippen LogP contribution in [0.25, 0.3) is 0 Å². The molecular formula is C13H17ClN6S. The Morgan fingerprint density at radius 1 is 1.48 bits per heavy atom. The molecule has 1 saturated heterocycles. The molecule has 0 aromatic carbocycles. The summed E-state index contributed by atoms with van der Waals surface area (Å²) in [6.07, 6.45) is 4.02. The van der Waals surface area contributed by atoms with Crippen LogP contribution in [-0.2, 0) is 6.54 Å². The van der Waals surface area contributed by atoms with E-state index in [1.165, 1.54) is 18.0 Å². The highest BCUT2D eigenvalue weighted by Gasteiger charge is 2.25. The molecule has 8 heteroatoms. The predicted octanol–water partition coefficient (Wildman–Crippen LogP) is 2.08. The van der Waals surface area contributed by atoms with Gasteiger partial charge in [0.2, 0.25) is 0 Å². The second-order valence-electron chi connectivity index (χ2n) is 5.23. The molecule has 1 aliphatic heterocycles. The highest BCUT2D eigenvalue weighted by Crippen LogP contribution is 2.23. The van der Waals surface area contributed by atoms with Crippen molar-refractivity contribution in [3.63, 3.8) is 0 Å². The normalized spacial score (nSPS) is 19.2. The summed E-state index contributed by atoms with van der Waals surface area (Å²) in [7, 11) is 2.11. The van der Waals surface area contributed by atoms with E-state index in [4.69, 9.17) is 11.6 Å². The van der Waals surface area contributed by atoms with Gasteiger partial charge in [-0.1, -0.05) is 16.1 Å². The van der Waals surface area contributed by atoms with Crippen molar-refractivity contribution in [1.29, 1.82) is 0 Å². The van der Waals surface area contributed by atoms with E-state index in [-0.39, 0.29) is 0 Å². The second kappa shape index (κ2) is 6.64. The first-order valence-corrected chi connectivity index (χ1v) is 8.09. The van der Waals surface area contributed by atoms with E-state index >= 15 is 0 Å². The lowest BCUT2D eigenvalue weighted by molar-refractivity contribution is 0.205. The number of rotatable bonds is 4. The Kier molecular flexibility index (Phi) is 4.62. The van der Waals surface area contributed by atoms with Crippen LogP contribution in [0.2, 0.25) is 4.34 Å².